The van der Waals surface area contributed by atoms with Crippen LogP contribution in [0.5, 0.6) is 5.75 Å². The maximum absolute atomic E-state index is 14.2. The van der Waals surface area contributed by atoms with Crippen molar-refractivity contribution in [3.05, 3.63) is 59.5 Å². The average molecular weight is 424 g/mol. The Morgan fingerprint density at radius 3 is 2.55 bits per heavy atom. The number of hydrogen-bond acceptors (Lipinski definition) is 2. The summed E-state index contributed by atoms with van der Waals surface area (Å²) in [5, 5.41) is -0.272. The van der Waals surface area contributed by atoms with Crippen molar-refractivity contribution in [2.45, 2.75) is 57.5 Å². The van der Waals surface area contributed by atoms with Crippen molar-refractivity contribution < 1.29 is 17.9 Å². The van der Waals surface area contributed by atoms with E-state index < -0.39 is 18.2 Å². The highest BCUT2D eigenvalue weighted by Gasteiger charge is 2.23. The number of alkyl halides is 2. The third-order valence-electron chi connectivity index (χ3n) is 5.66. The van der Waals surface area contributed by atoms with Crippen molar-refractivity contribution in [2.24, 2.45) is 5.92 Å². The number of aromatic nitrogens is 1. The Bertz CT molecular complexity index is 818. The molecule has 2 nitrogen and oxygen atoms in total. The first-order valence-electron chi connectivity index (χ1n) is 9.99. The van der Waals surface area contributed by atoms with E-state index in [1.54, 1.807) is 12.3 Å². The minimum absolute atomic E-state index is 0.157. The van der Waals surface area contributed by atoms with Crippen molar-refractivity contribution in [1.82, 2.24) is 4.98 Å². The summed E-state index contributed by atoms with van der Waals surface area (Å²) in [6.45, 7) is 0.623. The molecule has 2 aromatic rings. The van der Waals surface area contributed by atoms with Gasteiger partial charge in [0.1, 0.15) is 0 Å². The second kappa shape index (κ2) is 10.1. The lowest BCUT2D eigenvalue weighted by atomic mass is 9.77. The van der Waals surface area contributed by atoms with Crippen molar-refractivity contribution in [2.75, 3.05) is 0 Å². The van der Waals surface area contributed by atoms with E-state index in [4.69, 9.17) is 11.6 Å². The zero-order valence-electron chi connectivity index (χ0n) is 16.2. The molecule has 1 fully saturated rings. The molecule has 1 aromatic carbocycles. The lowest BCUT2D eigenvalue weighted by Gasteiger charge is -2.28. The number of halogens is 4. The number of hydrogen-bond donors (Lipinski definition) is 0. The van der Waals surface area contributed by atoms with Gasteiger partial charge in [-0.15, -0.1) is 6.58 Å². The third kappa shape index (κ3) is 5.53. The predicted molar refractivity (Wildman–Crippen MR) is 110 cm³/mol. The molecule has 1 aromatic heterocycles. The van der Waals surface area contributed by atoms with Crippen LogP contribution in [0.3, 0.4) is 0 Å². The topological polar surface area (TPSA) is 22.1 Å². The number of ether oxygens (including phenoxy) is 1. The van der Waals surface area contributed by atoms with Crippen LogP contribution in [0.25, 0.3) is 11.3 Å². The molecule has 29 heavy (non-hydrogen) atoms. The van der Waals surface area contributed by atoms with Gasteiger partial charge in [0, 0.05) is 11.8 Å². The number of rotatable bonds is 8. The molecular weight excluding hydrogens is 399 g/mol. The van der Waals surface area contributed by atoms with Crippen LogP contribution in [0.4, 0.5) is 13.2 Å². The summed E-state index contributed by atoms with van der Waals surface area (Å²) in [7, 11) is 0. The van der Waals surface area contributed by atoms with Crippen LogP contribution in [0.1, 0.15) is 56.4 Å². The molecule has 0 bridgehead atoms. The van der Waals surface area contributed by atoms with Crippen molar-refractivity contribution >= 4 is 11.6 Å². The minimum atomic E-state index is -3.15. The number of benzene rings is 1. The largest absolute Gasteiger partial charge is 0.431 e. The molecule has 1 aliphatic carbocycles. The van der Waals surface area contributed by atoms with E-state index in [1.165, 1.54) is 37.8 Å². The van der Waals surface area contributed by atoms with Gasteiger partial charge in [-0.25, -0.2) is 4.39 Å². The van der Waals surface area contributed by atoms with E-state index in [1.807, 2.05) is 12.1 Å². The van der Waals surface area contributed by atoms with Crippen LogP contribution in [-0.4, -0.2) is 11.6 Å². The van der Waals surface area contributed by atoms with E-state index in [0.29, 0.717) is 11.6 Å². The Hall–Kier alpha value is -2.01. The van der Waals surface area contributed by atoms with Crippen LogP contribution in [0.2, 0.25) is 5.02 Å². The van der Waals surface area contributed by atoms with E-state index in [2.05, 4.69) is 16.3 Å². The van der Waals surface area contributed by atoms with Gasteiger partial charge < -0.3 is 4.74 Å². The highest BCUT2D eigenvalue weighted by atomic mass is 35.5. The third-order valence-corrected chi connectivity index (χ3v) is 5.95. The normalized spacial score (nSPS) is 19.3. The van der Waals surface area contributed by atoms with Gasteiger partial charge in [0.25, 0.3) is 0 Å². The number of nitrogens with zero attached hydrogens (tertiary/aromatic N) is 1. The van der Waals surface area contributed by atoms with Gasteiger partial charge in [0.2, 0.25) is 0 Å². The second-order valence-corrected chi connectivity index (χ2v) is 7.94. The zero-order chi connectivity index (χ0) is 20.8. The molecule has 0 unspecified atom stereocenters. The zero-order valence-corrected chi connectivity index (χ0v) is 17.0. The molecule has 1 heterocycles. The van der Waals surface area contributed by atoms with Gasteiger partial charge in [-0.05, 0) is 74.1 Å². The molecular formula is C23H25ClF3NO. The van der Waals surface area contributed by atoms with Crippen LogP contribution in [0.15, 0.2) is 43.1 Å². The monoisotopic (exact) mass is 423 g/mol. The second-order valence-electron chi connectivity index (χ2n) is 7.53. The first-order valence-corrected chi connectivity index (χ1v) is 10.4. The fourth-order valence-electron chi connectivity index (χ4n) is 4.08. The fraction of sp³-hybridized carbons (Fsp3) is 0.435. The SMILES string of the molecule is C=CCCCC1CCC(c2ccc(-c3ccc(Cl)c(F)c3OC(F)F)nc2)CC1. The van der Waals surface area contributed by atoms with Crippen LogP contribution >= 0.6 is 11.6 Å². The Labute approximate surface area is 174 Å². The molecule has 0 saturated heterocycles. The highest BCUT2D eigenvalue weighted by molar-refractivity contribution is 6.31. The van der Waals surface area contributed by atoms with E-state index in [0.717, 1.165) is 30.7 Å². The van der Waals surface area contributed by atoms with Gasteiger partial charge in [0.15, 0.2) is 11.6 Å². The quantitative estimate of drug-likeness (QED) is 0.319. The van der Waals surface area contributed by atoms with Crippen LogP contribution in [-0.2, 0) is 0 Å². The maximum atomic E-state index is 14.2. The molecule has 6 heteroatoms. The maximum Gasteiger partial charge on any atom is 0.387 e. The molecule has 0 radical (unpaired) electrons. The molecule has 0 aliphatic heterocycles. The summed E-state index contributed by atoms with van der Waals surface area (Å²) in [5.41, 5.74) is 1.66. The van der Waals surface area contributed by atoms with Gasteiger partial charge in [-0.3, -0.25) is 4.98 Å². The Morgan fingerprint density at radius 1 is 1.17 bits per heavy atom. The molecule has 1 saturated carbocycles. The molecule has 0 atom stereocenters. The van der Waals surface area contributed by atoms with Gasteiger partial charge in [-0.2, -0.15) is 8.78 Å². The fourth-order valence-corrected chi connectivity index (χ4v) is 4.23. The Morgan fingerprint density at radius 2 is 1.93 bits per heavy atom. The Kier molecular flexibility index (Phi) is 7.59. The summed E-state index contributed by atoms with van der Waals surface area (Å²) >= 11 is 5.71. The van der Waals surface area contributed by atoms with Crippen LogP contribution in [0, 0.1) is 11.7 Å². The highest BCUT2D eigenvalue weighted by Crippen LogP contribution is 2.39. The van der Waals surface area contributed by atoms with Crippen molar-refractivity contribution in [3.8, 4) is 17.0 Å². The predicted octanol–water partition coefficient (Wildman–Crippen LogP) is 7.77. The molecule has 0 spiro atoms. The summed E-state index contributed by atoms with van der Waals surface area (Å²) in [6, 6.07) is 6.43. The average Bonchev–Trinajstić information content (AvgIpc) is 2.72. The smallest absolute Gasteiger partial charge is 0.387 e. The summed E-state index contributed by atoms with van der Waals surface area (Å²) in [4.78, 5) is 4.40. The Balaban J connectivity index is 1.70. The summed E-state index contributed by atoms with van der Waals surface area (Å²) in [6.07, 6.45) is 11.9. The van der Waals surface area contributed by atoms with Gasteiger partial charge in [-0.1, -0.05) is 30.2 Å². The van der Waals surface area contributed by atoms with E-state index in [9.17, 15) is 13.2 Å². The molecule has 0 N–H and O–H groups in total. The molecule has 156 valence electrons. The van der Waals surface area contributed by atoms with Crippen molar-refractivity contribution in [3.63, 3.8) is 0 Å². The van der Waals surface area contributed by atoms with E-state index in [-0.39, 0.29) is 10.6 Å². The molecule has 1 aliphatic rings. The van der Waals surface area contributed by atoms with E-state index >= 15 is 0 Å². The summed E-state index contributed by atoms with van der Waals surface area (Å²) in [5.74, 6) is -0.353. The standard InChI is InChI=1S/C23H25ClF3NO/c1-2-3-4-5-15-6-8-16(9-7-15)17-10-13-20(28-14-17)18-11-12-19(24)21(25)22(18)29-23(26)27/h2,10-16,23H,1,3-9H2. The van der Waals surface area contributed by atoms with Gasteiger partial charge in [0.05, 0.1) is 10.7 Å². The van der Waals surface area contributed by atoms with Crippen molar-refractivity contribution in [1.29, 1.82) is 0 Å². The van der Waals surface area contributed by atoms with Crippen LogP contribution < -0.4 is 4.74 Å². The summed E-state index contributed by atoms with van der Waals surface area (Å²) < 4.78 is 44.0. The minimum Gasteiger partial charge on any atom is -0.431 e. The number of allylic oxidation sites excluding steroid dienone is 1. The first-order chi connectivity index (χ1) is 14.0. The molecule has 0 amide bonds. The number of unbranched alkanes of at least 4 members (excludes halogenated alkanes) is 1. The number of pyridine rings is 1. The lowest BCUT2D eigenvalue weighted by molar-refractivity contribution is -0.0517. The lowest BCUT2D eigenvalue weighted by Crippen LogP contribution is -2.13. The molecule has 3 rings (SSSR count). The van der Waals surface area contributed by atoms with Gasteiger partial charge >= 0.3 is 6.61 Å². The first kappa shape index (κ1) is 21.7.